The van der Waals surface area contributed by atoms with Crippen molar-refractivity contribution in [3.63, 3.8) is 0 Å². The maximum atomic E-state index is 13.4. The zero-order valence-corrected chi connectivity index (χ0v) is 18.9. The summed E-state index contributed by atoms with van der Waals surface area (Å²) in [6, 6.07) is 14.4. The van der Waals surface area contributed by atoms with Gasteiger partial charge >= 0.3 is 0 Å². The van der Waals surface area contributed by atoms with Crippen LogP contribution in [0.3, 0.4) is 0 Å². The van der Waals surface area contributed by atoms with E-state index >= 15 is 0 Å². The molecule has 8 nitrogen and oxygen atoms in total. The first-order valence-corrected chi connectivity index (χ1v) is 12.1. The average Bonchev–Trinajstić information content (AvgIpc) is 3.29. The largest absolute Gasteiger partial charge is 0.339 e. The van der Waals surface area contributed by atoms with Gasteiger partial charge < -0.3 is 9.84 Å². The van der Waals surface area contributed by atoms with E-state index in [9.17, 15) is 13.2 Å². The second-order valence-corrected chi connectivity index (χ2v) is 9.79. The molecule has 2 heterocycles. The molecule has 1 N–H and O–H groups in total. The quantitative estimate of drug-likeness (QED) is 0.610. The summed E-state index contributed by atoms with van der Waals surface area (Å²) < 4.78 is 33.4. The third-order valence-electron chi connectivity index (χ3n) is 5.70. The van der Waals surface area contributed by atoms with Gasteiger partial charge in [-0.2, -0.15) is 9.29 Å². The zero-order valence-electron chi connectivity index (χ0n) is 18.1. The lowest BCUT2D eigenvalue weighted by Crippen LogP contribution is -2.41. The number of nitrogens with one attached hydrogen (secondary N) is 1. The number of carbonyl (C=O) groups excluding carboxylic acids is 1. The topological polar surface area (TPSA) is 105 Å². The Balaban J connectivity index is 1.47. The molecule has 0 saturated carbocycles. The molecule has 0 bridgehead atoms. The Hall–Kier alpha value is -3.04. The van der Waals surface area contributed by atoms with E-state index in [1.165, 1.54) is 4.31 Å². The fourth-order valence-corrected chi connectivity index (χ4v) is 5.52. The maximum absolute atomic E-state index is 13.4. The molecule has 168 valence electrons. The molecule has 4 rings (SSSR count). The lowest BCUT2D eigenvalue weighted by molar-refractivity contribution is -0.120. The van der Waals surface area contributed by atoms with Crippen molar-refractivity contribution in [2.24, 2.45) is 5.92 Å². The van der Waals surface area contributed by atoms with E-state index in [2.05, 4.69) is 15.5 Å². The van der Waals surface area contributed by atoms with E-state index in [1.807, 2.05) is 37.3 Å². The summed E-state index contributed by atoms with van der Waals surface area (Å²) in [4.78, 5) is 17.1. The lowest BCUT2D eigenvalue weighted by atomic mass is 9.97. The summed E-state index contributed by atoms with van der Waals surface area (Å²) in [7, 11) is -3.71. The molecular weight excluding hydrogens is 428 g/mol. The summed E-state index contributed by atoms with van der Waals surface area (Å²) in [6.45, 7) is 4.26. The van der Waals surface area contributed by atoms with Crippen LogP contribution in [-0.4, -0.2) is 41.9 Å². The molecule has 0 aliphatic carbocycles. The highest BCUT2D eigenvalue weighted by Gasteiger charge is 2.33. The van der Waals surface area contributed by atoms with E-state index < -0.39 is 10.0 Å². The second-order valence-electron chi connectivity index (χ2n) is 7.88. The number of carbonyl (C=O) groups is 1. The Labute approximate surface area is 187 Å². The molecule has 9 heteroatoms. The smallest absolute Gasteiger partial charge is 0.243 e. The minimum atomic E-state index is -3.71. The zero-order chi connectivity index (χ0) is 22.7. The molecule has 32 heavy (non-hydrogen) atoms. The van der Waals surface area contributed by atoms with Crippen LogP contribution in [0.5, 0.6) is 0 Å². The molecule has 3 aromatic rings. The van der Waals surface area contributed by atoms with Crippen LogP contribution in [0.2, 0.25) is 0 Å². The van der Waals surface area contributed by atoms with Gasteiger partial charge in [0, 0.05) is 36.7 Å². The van der Waals surface area contributed by atoms with E-state index in [0.717, 1.165) is 5.69 Å². The van der Waals surface area contributed by atoms with Crippen LogP contribution < -0.4 is 5.32 Å². The molecule has 0 spiro atoms. The summed E-state index contributed by atoms with van der Waals surface area (Å²) in [5.74, 6) is 0.576. The number of benzene rings is 2. The van der Waals surface area contributed by atoms with Gasteiger partial charge in [-0.15, -0.1) is 0 Å². The second kappa shape index (κ2) is 9.22. The van der Waals surface area contributed by atoms with E-state index in [4.69, 9.17) is 4.52 Å². The molecule has 0 atom stereocenters. The molecule has 1 amide bonds. The first-order chi connectivity index (χ1) is 15.4. The van der Waals surface area contributed by atoms with Crippen molar-refractivity contribution in [2.75, 3.05) is 18.4 Å². The molecule has 1 fully saturated rings. The predicted octanol–water partition coefficient (Wildman–Crippen LogP) is 3.65. The summed E-state index contributed by atoms with van der Waals surface area (Å²) >= 11 is 0. The molecule has 2 aromatic carbocycles. The Morgan fingerprint density at radius 3 is 2.53 bits per heavy atom. The number of nitrogens with zero attached hydrogens (tertiary/aromatic N) is 3. The molecule has 1 saturated heterocycles. The molecule has 0 radical (unpaired) electrons. The number of sulfonamides is 1. The minimum Gasteiger partial charge on any atom is -0.339 e. The van der Waals surface area contributed by atoms with Gasteiger partial charge in [-0.25, -0.2) is 8.42 Å². The van der Waals surface area contributed by atoms with Crippen molar-refractivity contribution in [3.05, 3.63) is 60.0 Å². The highest BCUT2D eigenvalue weighted by molar-refractivity contribution is 7.89. The van der Waals surface area contributed by atoms with Gasteiger partial charge in [0.1, 0.15) is 0 Å². The Morgan fingerprint density at radius 1 is 1.16 bits per heavy atom. The van der Waals surface area contributed by atoms with Crippen molar-refractivity contribution >= 4 is 21.6 Å². The van der Waals surface area contributed by atoms with Gasteiger partial charge in [0.25, 0.3) is 0 Å². The first kappa shape index (κ1) is 22.2. The fraction of sp³-hybridized carbons (Fsp3) is 0.348. The van der Waals surface area contributed by atoms with Crippen LogP contribution in [0.25, 0.3) is 11.4 Å². The Kier molecular flexibility index (Phi) is 6.38. The monoisotopic (exact) mass is 454 g/mol. The number of hydrogen-bond acceptors (Lipinski definition) is 6. The van der Waals surface area contributed by atoms with Crippen molar-refractivity contribution in [1.82, 2.24) is 14.4 Å². The summed E-state index contributed by atoms with van der Waals surface area (Å²) in [6.07, 6.45) is 1.56. The third-order valence-corrected chi connectivity index (χ3v) is 7.74. The SMILES string of the molecule is CCc1nc(-c2ccc(C)c(S(=O)(=O)N3CCC(C(=O)Nc4ccccc4)CC3)c2)no1. The number of aromatic nitrogens is 2. The highest BCUT2D eigenvalue weighted by atomic mass is 32.2. The van der Waals surface area contributed by atoms with Crippen LogP contribution in [0.15, 0.2) is 57.9 Å². The lowest BCUT2D eigenvalue weighted by Gasteiger charge is -2.31. The number of piperidine rings is 1. The minimum absolute atomic E-state index is 0.0738. The predicted molar refractivity (Wildman–Crippen MR) is 120 cm³/mol. The Bertz CT molecular complexity index is 1200. The average molecular weight is 455 g/mol. The number of para-hydroxylation sites is 1. The van der Waals surface area contributed by atoms with E-state index in [0.29, 0.717) is 55.2 Å². The van der Waals surface area contributed by atoms with E-state index in [-0.39, 0.29) is 16.7 Å². The van der Waals surface area contributed by atoms with Crippen molar-refractivity contribution in [2.45, 2.75) is 38.0 Å². The van der Waals surface area contributed by atoms with Gasteiger partial charge in [0.15, 0.2) is 0 Å². The van der Waals surface area contributed by atoms with Crippen LogP contribution in [0, 0.1) is 12.8 Å². The summed E-state index contributed by atoms with van der Waals surface area (Å²) in [5, 5.41) is 6.86. The van der Waals surface area contributed by atoms with Crippen LogP contribution >= 0.6 is 0 Å². The maximum Gasteiger partial charge on any atom is 0.243 e. The van der Waals surface area contributed by atoms with Gasteiger partial charge in [0.2, 0.25) is 27.6 Å². The van der Waals surface area contributed by atoms with Crippen molar-refractivity contribution in [3.8, 4) is 11.4 Å². The van der Waals surface area contributed by atoms with Crippen LogP contribution in [0.4, 0.5) is 5.69 Å². The standard InChI is InChI=1S/C23H26N4O4S/c1-3-21-25-22(26-31-21)18-10-9-16(2)20(15-18)32(29,30)27-13-11-17(12-14-27)23(28)24-19-7-5-4-6-8-19/h4-10,15,17H,3,11-14H2,1-2H3,(H,24,28). The van der Waals surface area contributed by atoms with Crippen LogP contribution in [0.1, 0.15) is 31.2 Å². The third kappa shape index (κ3) is 4.58. The number of aryl methyl sites for hydroxylation is 2. The van der Waals surface area contributed by atoms with Gasteiger partial charge in [-0.1, -0.05) is 42.4 Å². The molecule has 1 aromatic heterocycles. The normalized spacial score (nSPS) is 15.6. The molecule has 0 unspecified atom stereocenters. The Morgan fingerprint density at radius 2 is 1.88 bits per heavy atom. The number of hydrogen-bond donors (Lipinski definition) is 1. The number of amides is 1. The highest BCUT2D eigenvalue weighted by Crippen LogP contribution is 2.29. The van der Waals surface area contributed by atoms with Crippen molar-refractivity contribution < 1.29 is 17.7 Å². The van der Waals surface area contributed by atoms with Gasteiger partial charge in [0.05, 0.1) is 4.90 Å². The molecular formula is C23H26N4O4S. The number of anilines is 1. The molecule has 1 aliphatic heterocycles. The molecule has 1 aliphatic rings. The summed E-state index contributed by atoms with van der Waals surface area (Å²) in [5.41, 5.74) is 1.99. The van der Waals surface area contributed by atoms with Gasteiger partial charge in [-0.3, -0.25) is 4.79 Å². The van der Waals surface area contributed by atoms with Gasteiger partial charge in [-0.05, 0) is 43.5 Å². The van der Waals surface area contributed by atoms with Crippen molar-refractivity contribution in [1.29, 1.82) is 0 Å². The van der Waals surface area contributed by atoms with E-state index in [1.54, 1.807) is 25.1 Å². The first-order valence-electron chi connectivity index (χ1n) is 10.7. The fourth-order valence-electron chi connectivity index (χ4n) is 3.80. The van der Waals surface area contributed by atoms with Crippen LogP contribution in [-0.2, 0) is 21.2 Å². The number of rotatable bonds is 6.